The SMILES string of the molecule is CCCNC1CC(c2ccc(SC(C)C)cc2)C1(C)C. The van der Waals surface area contributed by atoms with E-state index in [-0.39, 0.29) is 0 Å². The van der Waals surface area contributed by atoms with Crippen LogP contribution in [0.25, 0.3) is 0 Å². The predicted octanol–water partition coefficient (Wildman–Crippen LogP) is 5.07. The van der Waals surface area contributed by atoms with Crippen LogP contribution in [0.1, 0.15) is 58.9 Å². The molecular weight excluding hydrogens is 262 g/mol. The minimum Gasteiger partial charge on any atom is -0.313 e. The van der Waals surface area contributed by atoms with Gasteiger partial charge in [-0.15, -0.1) is 11.8 Å². The quantitative estimate of drug-likeness (QED) is 0.734. The fourth-order valence-electron chi connectivity index (χ4n) is 3.21. The molecule has 2 atom stereocenters. The first-order valence-electron chi connectivity index (χ1n) is 7.95. The van der Waals surface area contributed by atoms with Crippen molar-refractivity contribution < 1.29 is 0 Å². The lowest BCUT2D eigenvalue weighted by Crippen LogP contribution is -2.55. The first-order chi connectivity index (χ1) is 9.45. The highest BCUT2D eigenvalue weighted by Crippen LogP contribution is 2.52. The molecule has 2 unspecified atom stereocenters. The Kier molecular flexibility index (Phi) is 5.19. The van der Waals surface area contributed by atoms with E-state index in [2.05, 4.69) is 64.2 Å². The van der Waals surface area contributed by atoms with E-state index in [4.69, 9.17) is 0 Å². The lowest BCUT2D eigenvalue weighted by molar-refractivity contribution is 0.0694. The van der Waals surface area contributed by atoms with Crippen LogP contribution in [0.4, 0.5) is 0 Å². The third kappa shape index (κ3) is 3.40. The van der Waals surface area contributed by atoms with Crippen molar-refractivity contribution in [1.82, 2.24) is 5.32 Å². The molecule has 112 valence electrons. The largest absolute Gasteiger partial charge is 0.313 e. The van der Waals surface area contributed by atoms with Gasteiger partial charge < -0.3 is 5.32 Å². The highest BCUT2D eigenvalue weighted by atomic mass is 32.2. The van der Waals surface area contributed by atoms with Crippen LogP contribution in [-0.2, 0) is 0 Å². The molecule has 0 radical (unpaired) electrons. The molecule has 0 amide bonds. The van der Waals surface area contributed by atoms with Gasteiger partial charge in [0.15, 0.2) is 0 Å². The second kappa shape index (κ2) is 6.53. The van der Waals surface area contributed by atoms with Gasteiger partial charge in [0.25, 0.3) is 0 Å². The Hall–Kier alpha value is -0.470. The molecule has 1 aliphatic rings. The maximum atomic E-state index is 3.69. The lowest BCUT2D eigenvalue weighted by Gasteiger charge is -2.53. The smallest absolute Gasteiger partial charge is 0.0130 e. The number of benzene rings is 1. The van der Waals surface area contributed by atoms with E-state index in [1.165, 1.54) is 23.3 Å². The van der Waals surface area contributed by atoms with Crippen LogP contribution >= 0.6 is 11.8 Å². The normalized spacial score (nSPS) is 24.7. The van der Waals surface area contributed by atoms with E-state index < -0.39 is 0 Å². The molecule has 0 aliphatic heterocycles. The molecule has 1 aromatic rings. The van der Waals surface area contributed by atoms with Gasteiger partial charge in [-0.1, -0.05) is 46.8 Å². The topological polar surface area (TPSA) is 12.0 Å². The third-order valence-corrected chi connectivity index (χ3v) is 5.58. The maximum absolute atomic E-state index is 3.69. The molecule has 1 fully saturated rings. The molecular formula is C18H29NS. The maximum Gasteiger partial charge on any atom is 0.0130 e. The molecule has 0 saturated heterocycles. The van der Waals surface area contributed by atoms with Crippen molar-refractivity contribution in [2.45, 2.75) is 69.6 Å². The van der Waals surface area contributed by atoms with Gasteiger partial charge in [-0.3, -0.25) is 0 Å². The standard InChI is InChI=1S/C18H29NS/c1-6-11-19-17-12-16(18(17,4)5)14-7-9-15(10-8-14)20-13(2)3/h7-10,13,16-17,19H,6,11-12H2,1-5H3. The van der Waals surface area contributed by atoms with Crippen LogP contribution in [0.2, 0.25) is 0 Å². The molecule has 0 heterocycles. The van der Waals surface area contributed by atoms with Crippen molar-refractivity contribution in [3.05, 3.63) is 29.8 Å². The summed E-state index contributed by atoms with van der Waals surface area (Å²) in [6.07, 6.45) is 2.50. The van der Waals surface area contributed by atoms with Crippen LogP contribution in [-0.4, -0.2) is 17.8 Å². The Morgan fingerprint density at radius 2 is 1.90 bits per heavy atom. The molecule has 2 rings (SSSR count). The van der Waals surface area contributed by atoms with Crippen molar-refractivity contribution in [1.29, 1.82) is 0 Å². The number of hydrogen-bond donors (Lipinski definition) is 1. The summed E-state index contributed by atoms with van der Waals surface area (Å²) in [7, 11) is 0. The molecule has 2 heteroatoms. The molecule has 1 saturated carbocycles. The number of rotatable bonds is 6. The van der Waals surface area contributed by atoms with E-state index >= 15 is 0 Å². The molecule has 0 spiro atoms. The minimum absolute atomic E-state index is 0.377. The van der Waals surface area contributed by atoms with Crippen molar-refractivity contribution in [2.75, 3.05) is 6.54 Å². The van der Waals surface area contributed by atoms with Crippen LogP contribution in [0.3, 0.4) is 0 Å². The second-order valence-electron chi connectivity index (χ2n) is 6.85. The highest BCUT2D eigenvalue weighted by Gasteiger charge is 2.48. The average Bonchev–Trinajstić information content (AvgIpc) is 2.39. The first-order valence-corrected chi connectivity index (χ1v) is 8.83. The molecule has 1 nitrogen and oxygen atoms in total. The van der Waals surface area contributed by atoms with Crippen LogP contribution in [0, 0.1) is 5.41 Å². The summed E-state index contributed by atoms with van der Waals surface area (Å²) in [4.78, 5) is 1.39. The van der Waals surface area contributed by atoms with Gasteiger partial charge >= 0.3 is 0 Å². The summed E-state index contributed by atoms with van der Waals surface area (Å²) >= 11 is 1.94. The molecule has 1 aliphatic carbocycles. The van der Waals surface area contributed by atoms with E-state index in [0.717, 1.165) is 6.54 Å². The summed E-state index contributed by atoms with van der Waals surface area (Å²) < 4.78 is 0. The Balaban J connectivity index is 1.99. The lowest BCUT2D eigenvalue weighted by atomic mass is 9.56. The van der Waals surface area contributed by atoms with Crippen molar-refractivity contribution in [2.24, 2.45) is 5.41 Å². The van der Waals surface area contributed by atoms with Gasteiger partial charge in [-0.05, 0) is 48.4 Å². The summed E-state index contributed by atoms with van der Waals surface area (Å²) in [6, 6.07) is 9.95. The third-order valence-electron chi connectivity index (χ3n) is 4.56. The summed E-state index contributed by atoms with van der Waals surface area (Å²) in [5.74, 6) is 0.704. The number of thioether (sulfide) groups is 1. The van der Waals surface area contributed by atoms with Gasteiger partial charge in [-0.2, -0.15) is 0 Å². The second-order valence-corrected chi connectivity index (χ2v) is 8.50. The van der Waals surface area contributed by atoms with Crippen LogP contribution in [0.15, 0.2) is 29.2 Å². The zero-order valence-corrected chi connectivity index (χ0v) is 14.4. The zero-order chi connectivity index (χ0) is 14.8. The fourth-order valence-corrected chi connectivity index (χ4v) is 4.04. The highest BCUT2D eigenvalue weighted by molar-refractivity contribution is 7.99. The average molecular weight is 292 g/mol. The van der Waals surface area contributed by atoms with E-state index in [1.807, 2.05) is 11.8 Å². The molecule has 0 aromatic heterocycles. The van der Waals surface area contributed by atoms with E-state index in [0.29, 0.717) is 22.6 Å². The molecule has 1 N–H and O–H groups in total. The summed E-state index contributed by atoms with van der Waals surface area (Å²) in [5.41, 5.74) is 1.89. The van der Waals surface area contributed by atoms with Gasteiger partial charge in [0.05, 0.1) is 0 Å². The van der Waals surface area contributed by atoms with Gasteiger partial charge in [0.1, 0.15) is 0 Å². The Morgan fingerprint density at radius 3 is 2.40 bits per heavy atom. The first kappa shape index (κ1) is 15.9. The molecule has 20 heavy (non-hydrogen) atoms. The monoisotopic (exact) mass is 291 g/mol. The Morgan fingerprint density at radius 1 is 1.25 bits per heavy atom. The number of nitrogens with one attached hydrogen (secondary N) is 1. The van der Waals surface area contributed by atoms with Gasteiger partial charge in [0.2, 0.25) is 0 Å². The Labute approximate surface area is 128 Å². The zero-order valence-electron chi connectivity index (χ0n) is 13.6. The van der Waals surface area contributed by atoms with Crippen molar-refractivity contribution >= 4 is 11.8 Å². The minimum atomic E-state index is 0.377. The van der Waals surface area contributed by atoms with Gasteiger partial charge in [-0.25, -0.2) is 0 Å². The summed E-state index contributed by atoms with van der Waals surface area (Å²) in [5, 5.41) is 4.35. The molecule has 0 bridgehead atoms. The van der Waals surface area contributed by atoms with Crippen LogP contribution in [0.5, 0.6) is 0 Å². The van der Waals surface area contributed by atoms with Crippen LogP contribution < -0.4 is 5.32 Å². The number of hydrogen-bond acceptors (Lipinski definition) is 2. The van der Waals surface area contributed by atoms with E-state index in [9.17, 15) is 0 Å². The molecule has 1 aromatic carbocycles. The Bertz CT molecular complexity index is 422. The summed E-state index contributed by atoms with van der Waals surface area (Å²) in [6.45, 7) is 12.7. The van der Waals surface area contributed by atoms with Crippen molar-refractivity contribution in [3.8, 4) is 0 Å². The van der Waals surface area contributed by atoms with E-state index in [1.54, 1.807) is 0 Å². The fraction of sp³-hybridized carbons (Fsp3) is 0.667. The van der Waals surface area contributed by atoms with Crippen molar-refractivity contribution in [3.63, 3.8) is 0 Å². The predicted molar refractivity (Wildman–Crippen MR) is 90.7 cm³/mol. The van der Waals surface area contributed by atoms with Gasteiger partial charge in [0, 0.05) is 16.2 Å².